The Morgan fingerprint density at radius 1 is 0.931 bits per heavy atom. The maximum Gasteiger partial charge on any atom is 0.422 e. The fraction of sp³-hybridized carbons (Fsp3) is 0.652. The summed E-state index contributed by atoms with van der Waals surface area (Å²) >= 11 is 0. The Hall–Kier alpha value is -1.72. The zero-order chi connectivity index (χ0) is 22.2. The fourth-order valence-electron chi connectivity index (χ4n) is 2.88. The van der Waals surface area contributed by atoms with Crippen molar-refractivity contribution in [1.82, 2.24) is 0 Å². The first-order chi connectivity index (χ1) is 13.5. The van der Waals surface area contributed by atoms with Crippen molar-refractivity contribution in [3.63, 3.8) is 0 Å². The number of halogens is 4. The normalized spacial score (nSPS) is 15.6. The van der Waals surface area contributed by atoms with Gasteiger partial charge in [-0.3, -0.25) is 0 Å². The summed E-state index contributed by atoms with van der Waals surface area (Å²) in [5.41, 5.74) is -1.42. The molecule has 0 spiro atoms. The van der Waals surface area contributed by atoms with Gasteiger partial charge in [0.1, 0.15) is 11.3 Å². The molecule has 0 fully saturated rings. The third-order valence-corrected chi connectivity index (χ3v) is 4.99. The van der Waals surface area contributed by atoms with Crippen LogP contribution in [0.15, 0.2) is 24.3 Å². The van der Waals surface area contributed by atoms with Crippen LogP contribution in [-0.4, -0.2) is 13.2 Å². The van der Waals surface area contributed by atoms with E-state index in [1.54, 1.807) is 6.92 Å². The van der Waals surface area contributed by atoms with E-state index in [0.29, 0.717) is 17.8 Å². The van der Waals surface area contributed by atoms with Crippen molar-refractivity contribution in [2.45, 2.75) is 60.6 Å². The molecule has 0 aliphatic rings. The summed E-state index contributed by atoms with van der Waals surface area (Å²) in [6, 6.07) is 2.28. The predicted octanol–water partition coefficient (Wildman–Crippen LogP) is 7.52. The highest BCUT2D eigenvalue weighted by Crippen LogP contribution is 2.41. The Kier molecular flexibility index (Phi) is 10.0. The maximum atomic E-state index is 14.3. The van der Waals surface area contributed by atoms with Crippen LogP contribution in [0.1, 0.15) is 59.9 Å². The highest BCUT2D eigenvalue weighted by Gasteiger charge is 2.39. The first-order valence-corrected chi connectivity index (χ1v) is 10.3. The molecule has 0 radical (unpaired) electrons. The molecule has 0 aliphatic heterocycles. The molecule has 166 valence electrons. The lowest BCUT2D eigenvalue weighted by Crippen LogP contribution is -2.15. The minimum Gasteiger partial charge on any atom is -0.492 e. The van der Waals surface area contributed by atoms with Gasteiger partial charge in [0.25, 0.3) is 0 Å². The first kappa shape index (κ1) is 25.3. The topological polar surface area (TPSA) is 18.5 Å². The van der Waals surface area contributed by atoms with Crippen molar-refractivity contribution >= 4 is 0 Å². The Bertz CT molecular complexity index is 653. The van der Waals surface area contributed by atoms with Gasteiger partial charge in [-0.05, 0) is 43.2 Å². The average molecular weight is 419 g/mol. The van der Waals surface area contributed by atoms with Gasteiger partial charge in [0.15, 0.2) is 11.6 Å². The summed E-state index contributed by atoms with van der Waals surface area (Å²) in [7, 11) is 0. The number of alkyl halides is 3. The van der Waals surface area contributed by atoms with Crippen LogP contribution in [0.4, 0.5) is 17.6 Å². The molecule has 2 nitrogen and oxygen atoms in total. The molecule has 6 heteroatoms. The molecule has 3 unspecified atom stereocenters. The van der Waals surface area contributed by atoms with Crippen LogP contribution < -0.4 is 9.47 Å². The van der Waals surface area contributed by atoms with E-state index in [1.807, 2.05) is 13.0 Å². The molecule has 0 amide bonds. The molecule has 0 saturated carbocycles. The Labute approximate surface area is 172 Å². The number of benzene rings is 1. The van der Waals surface area contributed by atoms with Crippen LogP contribution in [-0.2, 0) is 6.18 Å². The summed E-state index contributed by atoms with van der Waals surface area (Å²) in [6.45, 7) is 12.3. The standard InChI is InChI=1S/C23H34F4O2/c1-7-28-20-13-12-19(21(22(20)24)23(25,26)27)29-14-16(4)9-11-18(6)17(5)10-8-15(2)3/h9,11-13,15-18H,7-8,10,14H2,1-6H3/b11-9-. The van der Waals surface area contributed by atoms with Gasteiger partial charge in [0, 0.05) is 5.92 Å². The van der Waals surface area contributed by atoms with E-state index < -0.39 is 29.1 Å². The Morgan fingerprint density at radius 2 is 1.55 bits per heavy atom. The minimum atomic E-state index is -4.87. The lowest BCUT2D eigenvalue weighted by molar-refractivity contribution is -0.141. The number of rotatable bonds is 11. The molecule has 0 bridgehead atoms. The lowest BCUT2D eigenvalue weighted by Gasteiger charge is -2.19. The smallest absolute Gasteiger partial charge is 0.422 e. The van der Waals surface area contributed by atoms with Crippen LogP contribution in [0.2, 0.25) is 0 Å². The van der Waals surface area contributed by atoms with Gasteiger partial charge < -0.3 is 9.47 Å². The van der Waals surface area contributed by atoms with Crippen molar-refractivity contribution in [2.24, 2.45) is 23.7 Å². The third-order valence-electron chi connectivity index (χ3n) is 4.99. The van der Waals surface area contributed by atoms with E-state index in [2.05, 4.69) is 33.8 Å². The van der Waals surface area contributed by atoms with Gasteiger partial charge in [-0.1, -0.05) is 53.2 Å². The summed E-state index contributed by atoms with van der Waals surface area (Å²) in [5.74, 6) is -0.929. The molecule has 3 atom stereocenters. The van der Waals surface area contributed by atoms with Gasteiger partial charge in [0.2, 0.25) is 0 Å². The second kappa shape index (κ2) is 11.5. The lowest BCUT2D eigenvalue weighted by atomic mass is 9.88. The molecule has 1 aromatic rings. The van der Waals surface area contributed by atoms with Gasteiger partial charge >= 0.3 is 6.18 Å². The highest BCUT2D eigenvalue weighted by atomic mass is 19.4. The SMILES string of the molecule is CCOc1ccc(OCC(C)/C=C\C(C)C(C)CCC(C)C)c(C(F)(F)F)c1F. The quantitative estimate of drug-likeness (QED) is 0.273. The van der Waals surface area contributed by atoms with Gasteiger partial charge in [-0.2, -0.15) is 13.2 Å². The molecule has 0 saturated heterocycles. The Balaban J connectivity index is 2.78. The molecule has 0 aliphatic carbocycles. The average Bonchev–Trinajstić information content (AvgIpc) is 2.63. The van der Waals surface area contributed by atoms with Crippen molar-refractivity contribution in [3.05, 3.63) is 35.7 Å². The van der Waals surface area contributed by atoms with Crippen LogP contribution in [0.3, 0.4) is 0 Å². The zero-order valence-corrected chi connectivity index (χ0v) is 18.3. The second-order valence-corrected chi connectivity index (χ2v) is 8.16. The highest BCUT2D eigenvalue weighted by molar-refractivity contribution is 5.44. The van der Waals surface area contributed by atoms with Crippen LogP contribution in [0.25, 0.3) is 0 Å². The van der Waals surface area contributed by atoms with Crippen LogP contribution in [0.5, 0.6) is 11.5 Å². The van der Waals surface area contributed by atoms with Crippen molar-refractivity contribution < 1.29 is 27.0 Å². The minimum absolute atomic E-state index is 0.0279. The molecular formula is C23H34F4O2. The number of ether oxygens (including phenoxy) is 2. The zero-order valence-electron chi connectivity index (χ0n) is 18.3. The first-order valence-electron chi connectivity index (χ1n) is 10.3. The predicted molar refractivity (Wildman–Crippen MR) is 109 cm³/mol. The molecule has 1 rings (SSSR count). The van der Waals surface area contributed by atoms with Gasteiger partial charge in [0.05, 0.1) is 13.2 Å². The number of hydrogen-bond donors (Lipinski definition) is 0. The monoisotopic (exact) mass is 418 g/mol. The van der Waals surface area contributed by atoms with Crippen LogP contribution in [0, 0.1) is 29.5 Å². The van der Waals surface area contributed by atoms with Crippen molar-refractivity contribution in [3.8, 4) is 11.5 Å². The summed E-state index contributed by atoms with van der Waals surface area (Å²) in [5, 5.41) is 0. The van der Waals surface area contributed by atoms with E-state index in [1.165, 1.54) is 12.5 Å². The van der Waals surface area contributed by atoms with E-state index >= 15 is 0 Å². The van der Waals surface area contributed by atoms with Gasteiger partial charge in [-0.15, -0.1) is 0 Å². The molecule has 0 heterocycles. The van der Waals surface area contributed by atoms with Gasteiger partial charge in [-0.25, -0.2) is 4.39 Å². The largest absolute Gasteiger partial charge is 0.492 e. The number of allylic oxidation sites excluding steroid dienone is 1. The van der Waals surface area contributed by atoms with E-state index in [0.717, 1.165) is 12.5 Å². The van der Waals surface area contributed by atoms with Crippen LogP contribution >= 0.6 is 0 Å². The number of hydrogen-bond acceptors (Lipinski definition) is 2. The third kappa shape index (κ3) is 8.27. The molecular weight excluding hydrogens is 384 g/mol. The summed E-state index contributed by atoms with van der Waals surface area (Å²) in [6.07, 6.45) is 1.47. The van der Waals surface area contributed by atoms with E-state index in [4.69, 9.17) is 9.47 Å². The van der Waals surface area contributed by atoms with Crippen molar-refractivity contribution in [1.29, 1.82) is 0 Å². The van der Waals surface area contributed by atoms with E-state index in [-0.39, 0.29) is 19.1 Å². The molecule has 1 aromatic carbocycles. The second-order valence-electron chi connectivity index (χ2n) is 8.16. The molecule has 0 aromatic heterocycles. The molecule has 0 N–H and O–H groups in total. The summed E-state index contributed by atoms with van der Waals surface area (Å²) in [4.78, 5) is 0. The van der Waals surface area contributed by atoms with Crippen molar-refractivity contribution in [2.75, 3.05) is 13.2 Å². The Morgan fingerprint density at radius 3 is 2.10 bits per heavy atom. The fourth-order valence-corrected chi connectivity index (χ4v) is 2.88. The summed E-state index contributed by atoms with van der Waals surface area (Å²) < 4.78 is 64.6. The van der Waals surface area contributed by atoms with E-state index in [9.17, 15) is 17.6 Å². The molecule has 29 heavy (non-hydrogen) atoms. The maximum absolute atomic E-state index is 14.3.